The Hall–Kier alpha value is -2.29. The maximum absolute atomic E-state index is 12.5. The van der Waals surface area contributed by atoms with Crippen molar-refractivity contribution in [2.75, 3.05) is 5.32 Å². The number of thiazole rings is 1. The summed E-state index contributed by atoms with van der Waals surface area (Å²) in [6.45, 7) is 5.58. The second kappa shape index (κ2) is 7.73. The van der Waals surface area contributed by atoms with Gasteiger partial charge in [-0.25, -0.2) is 9.78 Å². The number of aromatic nitrogens is 1. The Bertz CT molecular complexity index is 731. The summed E-state index contributed by atoms with van der Waals surface area (Å²) in [4.78, 5) is 15.3. The smallest absolute Gasteiger partial charge is 0.434 e. The number of ether oxygens (including phenoxy) is 1. The van der Waals surface area contributed by atoms with Crippen LogP contribution in [0.25, 0.3) is 0 Å². The number of hydrogen-bond donors (Lipinski definition) is 2. The monoisotopic (exact) mass is 373 g/mol. The summed E-state index contributed by atoms with van der Waals surface area (Å²) in [6.07, 6.45) is -4.51. The van der Waals surface area contributed by atoms with Crippen LogP contribution in [0.5, 0.6) is 5.75 Å². The van der Waals surface area contributed by atoms with Crippen molar-refractivity contribution in [1.82, 2.24) is 10.3 Å². The number of halogens is 3. The molecular formula is C16H18F3N3O2S. The highest BCUT2D eigenvalue weighted by Gasteiger charge is 2.33. The number of anilines is 1. The van der Waals surface area contributed by atoms with Crippen LogP contribution in [-0.4, -0.2) is 17.1 Å². The largest absolute Gasteiger partial charge is 0.491 e. The Morgan fingerprint density at radius 3 is 2.60 bits per heavy atom. The first kappa shape index (κ1) is 19.0. The van der Waals surface area contributed by atoms with Crippen LogP contribution in [0.2, 0.25) is 0 Å². The van der Waals surface area contributed by atoms with Gasteiger partial charge < -0.3 is 10.1 Å². The van der Waals surface area contributed by atoms with E-state index >= 15 is 0 Å². The topological polar surface area (TPSA) is 63.2 Å². The molecule has 2 N–H and O–H groups in total. The van der Waals surface area contributed by atoms with Gasteiger partial charge in [0.15, 0.2) is 10.8 Å². The average molecular weight is 373 g/mol. The van der Waals surface area contributed by atoms with E-state index < -0.39 is 17.9 Å². The second-order valence-corrected chi connectivity index (χ2v) is 6.45. The van der Waals surface area contributed by atoms with E-state index in [0.29, 0.717) is 17.1 Å². The molecule has 5 nitrogen and oxygen atoms in total. The summed E-state index contributed by atoms with van der Waals surface area (Å²) in [7, 11) is 0. The molecule has 0 aliphatic carbocycles. The van der Waals surface area contributed by atoms with E-state index in [-0.39, 0.29) is 17.3 Å². The van der Waals surface area contributed by atoms with Crippen LogP contribution in [0.15, 0.2) is 29.6 Å². The van der Waals surface area contributed by atoms with Crippen molar-refractivity contribution < 1.29 is 22.7 Å². The SMILES string of the molecule is CC(C)Oc1cccc(C(C)NC(=O)Nc2nc(C(F)(F)F)cs2)c1. The lowest BCUT2D eigenvalue weighted by Gasteiger charge is -2.16. The van der Waals surface area contributed by atoms with E-state index in [1.165, 1.54) is 0 Å². The third-order valence-corrected chi connectivity index (χ3v) is 3.85. The van der Waals surface area contributed by atoms with Crippen molar-refractivity contribution in [3.05, 3.63) is 40.9 Å². The maximum atomic E-state index is 12.5. The normalized spacial score (nSPS) is 12.8. The van der Waals surface area contributed by atoms with E-state index in [4.69, 9.17) is 4.74 Å². The fraction of sp³-hybridized carbons (Fsp3) is 0.375. The van der Waals surface area contributed by atoms with E-state index in [9.17, 15) is 18.0 Å². The molecule has 2 rings (SSSR count). The highest BCUT2D eigenvalue weighted by atomic mass is 32.1. The summed E-state index contributed by atoms with van der Waals surface area (Å²) < 4.78 is 43.1. The Balaban J connectivity index is 1.97. The summed E-state index contributed by atoms with van der Waals surface area (Å²) in [6, 6.07) is 6.24. The molecule has 0 aliphatic rings. The number of rotatable bonds is 5. The molecule has 1 atom stereocenters. The van der Waals surface area contributed by atoms with Crippen molar-refractivity contribution in [3.8, 4) is 5.75 Å². The van der Waals surface area contributed by atoms with Gasteiger partial charge in [0.05, 0.1) is 12.1 Å². The number of amides is 2. The van der Waals surface area contributed by atoms with E-state index in [1.807, 2.05) is 26.0 Å². The minimum atomic E-state index is -4.53. The second-order valence-electron chi connectivity index (χ2n) is 5.59. The summed E-state index contributed by atoms with van der Waals surface area (Å²) in [5.74, 6) is 0.677. The molecule has 2 aromatic rings. The molecule has 0 saturated heterocycles. The summed E-state index contributed by atoms with van der Waals surface area (Å²) in [5, 5.41) is 5.70. The van der Waals surface area contributed by atoms with Crippen LogP contribution < -0.4 is 15.4 Å². The fourth-order valence-electron chi connectivity index (χ4n) is 2.00. The van der Waals surface area contributed by atoms with Gasteiger partial charge in [0.2, 0.25) is 0 Å². The molecule has 1 aromatic carbocycles. The lowest BCUT2D eigenvalue weighted by Crippen LogP contribution is -2.31. The molecule has 0 saturated carbocycles. The number of alkyl halides is 3. The molecule has 0 aliphatic heterocycles. The molecular weight excluding hydrogens is 355 g/mol. The standard InChI is InChI=1S/C16H18F3N3O2S/c1-9(2)24-12-6-4-5-11(7-12)10(3)20-14(23)22-15-21-13(8-25-15)16(17,18)19/h4-10H,1-3H3,(H2,20,21,22,23). The van der Waals surface area contributed by atoms with E-state index in [1.54, 1.807) is 19.1 Å². The lowest BCUT2D eigenvalue weighted by molar-refractivity contribution is -0.140. The van der Waals surface area contributed by atoms with Crippen LogP contribution >= 0.6 is 11.3 Å². The highest BCUT2D eigenvalue weighted by molar-refractivity contribution is 7.13. The van der Waals surface area contributed by atoms with Crippen LogP contribution in [0.3, 0.4) is 0 Å². The molecule has 136 valence electrons. The zero-order valence-corrected chi connectivity index (χ0v) is 14.7. The number of carbonyl (C=O) groups excluding carboxylic acids is 1. The molecule has 0 bridgehead atoms. The van der Waals surface area contributed by atoms with Crippen molar-refractivity contribution in [1.29, 1.82) is 0 Å². The van der Waals surface area contributed by atoms with Gasteiger partial charge in [0.25, 0.3) is 0 Å². The third kappa shape index (κ3) is 5.63. The zero-order valence-electron chi connectivity index (χ0n) is 13.8. The Morgan fingerprint density at radius 2 is 2.00 bits per heavy atom. The molecule has 9 heteroatoms. The molecule has 0 radical (unpaired) electrons. The number of hydrogen-bond acceptors (Lipinski definition) is 4. The van der Waals surface area contributed by atoms with E-state index in [2.05, 4.69) is 15.6 Å². The molecule has 1 unspecified atom stereocenters. The van der Waals surface area contributed by atoms with Crippen molar-refractivity contribution in [2.45, 2.75) is 39.1 Å². The molecule has 1 heterocycles. The first-order valence-electron chi connectivity index (χ1n) is 7.52. The van der Waals surface area contributed by atoms with Gasteiger partial charge in [-0.1, -0.05) is 12.1 Å². The average Bonchev–Trinajstić information content (AvgIpc) is 2.95. The quantitative estimate of drug-likeness (QED) is 0.789. The zero-order chi connectivity index (χ0) is 18.6. The number of carbonyl (C=O) groups is 1. The number of urea groups is 1. The van der Waals surface area contributed by atoms with Crippen molar-refractivity contribution >= 4 is 22.5 Å². The molecule has 0 spiro atoms. The first-order valence-corrected chi connectivity index (χ1v) is 8.40. The molecule has 25 heavy (non-hydrogen) atoms. The molecule has 1 aromatic heterocycles. The summed E-state index contributed by atoms with van der Waals surface area (Å²) >= 11 is 0.714. The third-order valence-electron chi connectivity index (χ3n) is 3.09. The lowest BCUT2D eigenvalue weighted by atomic mass is 10.1. The van der Waals surface area contributed by atoms with Gasteiger partial charge in [-0.2, -0.15) is 13.2 Å². The fourth-order valence-corrected chi connectivity index (χ4v) is 2.72. The Labute approximate surface area is 147 Å². The number of nitrogens with zero attached hydrogens (tertiary/aromatic N) is 1. The van der Waals surface area contributed by atoms with Gasteiger partial charge in [-0.05, 0) is 38.5 Å². The predicted octanol–water partition coefficient (Wildman–Crippen LogP) is 4.83. The van der Waals surface area contributed by atoms with Crippen LogP contribution in [0.4, 0.5) is 23.1 Å². The number of nitrogens with one attached hydrogen (secondary N) is 2. The summed E-state index contributed by atoms with van der Waals surface area (Å²) in [5.41, 5.74) is -0.220. The highest BCUT2D eigenvalue weighted by Crippen LogP contribution is 2.31. The van der Waals surface area contributed by atoms with Gasteiger partial charge in [-0.3, -0.25) is 5.32 Å². The number of benzene rings is 1. The maximum Gasteiger partial charge on any atom is 0.434 e. The molecule has 0 fully saturated rings. The Kier molecular flexibility index (Phi) is 5.89. The van der Waals surface area contributed by atoms with Gasteiger partial charge in [0, 0.05) is 5.38 Å². The van der Waals surface area contributed by atoms with Crippen LogP contribution in [0.1, 0.15) is 38.1 Å². The minimum absolute atomic E-state index is 0.0227. The van der Waals surface area contributed by atoms with Gasteiger partial charge >= 0.3 is 12.2 Å². The van der Waals surface area contributed by atoms with Crippen molar-refractivity contribution in [2.24, 2.45) is 0 Å². The molecule has 2 amide bonds. The van der Waals surface area contributed by atoms with Crippen LogP contribution in [0, 0.1) is 0 Å². The van der Waals surface area contributed by atoms with E-state index in [0.717, 1.165) is 10.9 Å². The minimum Gasteiger partial charge on any atom is -0.491 e. The Morgan fingerprint density at radius 1 is 1.28 bits per heavy atom. The van der Waals surface area contributed by atoms with Gasteiger partial charge in [0.1, 0.15) is 5.75 Å². The first-order chi connectivity index (χ1) is 11.6. The van der Waals surface area contributed by atoms with Crippen molar-refractivity contribution in [3.63, 3.8) is 0 Å². The van der Waals surface area contributed by atoms with Crippen LogP contribution in [-0.2, 0) is 6.18 Å². The predicted molar refractivity (Wildman–Crippen MR) is 89.9 cm³/mol. The van der Waals surface area contributed by atoms with Gasteiger partial charge in [-0.15, -0.1) is 11.3 Å².